The Morgan fingerprint density at radius 3 is 2.19 bits per heavy atom. The summed E-state index contributed by atoms with van der Waals surface area (Å²) in [4.78, 5) is 36.8. The Bertz CT molecular complexity index is 952. The van der Waals surface area contributed by atoms with Gasteiger partial charge in [-0.15, -0.1) is 0 Å². The Morgan fingerprint density at radius 1 is 0.938 bits per heavy atom. The molecule has 32 heavy (non-hydrogen) atoms. The van der Waals surface area contributed by atoms with Gasteiger partial charge in [0.2, 0.25) is 0 Å². The number of aryl methyl sites for hydroxylation is 1. The number of para-hydroxylation sites is 1. The molecule has 0 aliphatic carbocycles. The lowest BCUT2D eigenvalue weighted by Crippen LogP contribution is -2.39. The zero-order chi connectivity index (χ0) is 23.8. The molecule has 2 rings (SSSR count). The number of carbonyl (C=O) groups excluding carboxylic acids is 3. The van der Waals surface area contributed by atoms with Gasteiger partial charge in [-0.1, -0.05) is 44.2 Å². The zero-order valence-corrected chi connectivity index (χ0v) is 19.6. The first-order valence-corrected chi connectivity index (χ1v) is 10.8. The fraction of sp³-hybridized carbons (Fsp3) is 0.400. The molecule has 1 unspecified atom stereocenters. The number of urea groups is 1. The SMILES string of the molecule is Cc1cccc(C(C)C)c1NC(=O)C(C)OC(=O)c1ccc(CNC(=O)NC(C)C)cc1. The fourth-order valence-corrected chi connectivity index (χ4v) is 3.10. The summed E-state index contributed by atoms with van der Waals surface area (Å²) in [5.41, 5.74) is 3.91. The molecule has 2 aromatic carbocycles. The van der Waals surface area contributed by atoms with Crippen molar-refractivity contribution in [2.75, 3.05) is 5.32 Å². The standard InChI is InChI=1S/C25H33N3O4/c1-15(2)21-9-7-8-17(5)22(21)28-23(29)18(6)32-24(30)20-12-10-19(11-13-20)14-26-25(31)27-16(3)4/h7-13,15-16,18H,14H2,1-6H3,(H,28,29)(H2,26,27,31). The van der Waals surface area contributed by atoms with E-state index in [-0.39, 0.29) is 23.9 Å². The number of esters is 1. The van der Waals surface area contributed by atoms with Gasteiger partial charge in [0, 0.05) is 18.3 Å². The van der Waals surface area contributed by atoms with Crippen molar-refractivity contribution in [3.8, 4) is 0 Å². The monoisotopic (exact) mass is 439 g/mol. The van der Waals surface area contributed by atoms with E-state index < -0.39 is 12.1 Å². The first-order chi connectivity index (χ1) is 15.1. The number of amides is 3. The van der Waals surface area contributed by atoms with Crippen LogP contribution >= 0.6 is 0 Å². The number of hydrogen-bond acceptors (Lipinski definition) is 4. The van der Waals surface area contributed by atoms with Crippen LogP contribution in [0, 0.1) is 6.92 Å². The maximum atomic E-state index is 12.7. The lowest BCUT2D eigenvalue weighted by atomic mass is 9.98. The van der Waals surface area contributed by atoms with Crippen molar-refractivity contribution >= 4 is 23.6 Å². The van der Waals surface area contributed by atoms with Gasteiger partial charge >= 0.3 is 12.0 Å². The van der Waals surface area contributed by atoms with E-state index in [2.05, 4.69) is 29.8 Å². The summed E-state index contributed by atoms with van der Waals surface area (Å²) in [6.45, 7) is 11.7. The molecule has 0 fully saturated rings. The average molecular weight is 440 g/mol. The Morgan fingerprint density at radius 2 is 1.59 bits per heavy atom. The van der Waals surface area contributed by atoms with Crippen LogP contribution in [0.2, 0.25) is 0 Å². The summed E-state index contributed by atoms with van der Waals surface area (Å²) in [5, 5.41) is 8.39. The summed E-state index contributed by atoms with van der Waals surface area (Å²) < 4.78 is 5.36. The van der Waals surface area contributed by atoms with E-state index in [9.17, 15) is 14.4 Å². The number of benzene rings is 2. The molecule has 172 valence electrons. The number of ether oxygens (including phenoxy) is 1. The van der Waals surface area contributed by atoms with E-state index >= 15 is 0 Å². The van der Waals surface area contributed by atoms with Crippen LogP contribution in [0.5, 0.6) is 0 Å². The molecule has 0 saturated heterocycles. The molecule has 2 aromatic rings. The van der Waals surface area contributed by atoms with Gasteiger partial charge in [0.1, 0.15) is 0 Å². The minimum absolute atomic E-state index is 0.0501. The van der Waals surface area contributed by atoms with Gasteiger partial charge in [0.15, 0.2) is 6.10 Å². The molecule has 0 aromatic heterocycles. The number of nitrogens with one attached hydrogen (secondary N) is 3. The van der Waals surface area contributed by atoms with Gasteiger partial charge in [-0.25, -0.2) is 9.59 Å². The number of carbonyl (C=O) groups is 3. The summed E-state index contributed by atoms with van der Waals surface area (Å²) in [6, 6.07) is 12.4. The van der Waals surface area contributed by atoms with Crippen LogP contribution in [0.3, 0.4) is 0 Å². The van der Waals surface area contributed by atoms with Crippen molar-refractivity contribution in [3.63, 3.8) is 0 Å². The molecule has 0 saturated carbocycles. The summed E-state index contributed by atoms with van der Waals surface area (Å²) in [6.07, 6.45) is -0.955. The first-order valence-electron chi connectivity index (χ1n) is 10.8. The molecular weight excluding hydrogens is 406 g/mol. The first kappa shape index (κ1) is 24.9. The van der Waals surface area contributed by atoms with E-state index in [1.165, 1.54) is 0 Å². The van der Waals surface area contributed by atoms with E-state index in [0.717, 1.165) is 22.4 Å². The second kappa shape index (κ2) is 11.3. The van der Waals surface area contributed by atoms with Crippen LogP contribution in [-0.4, -0.2) is 30.1 Å². The van der Waals surface area contributed by atoms with Crippen molar-refractivity contribution in [2.45, 2.75) is 66.2 Å². The highest BCUT2D eigenvalue weighted by atomic mass is 16.5. The molecule has 0 aliphatic heterocycles. The third-order valence-electron chi connectivity index (χ3n) is 4.89. The second-order valence-corrected chi connectivity index (χ2v) is 8.41. The van der Waals surface area contributed by atoms with Crippen LogP contribution in [0.1, 0.15) is 67.6 Å². The highest BCUT2D eigenvalue weighted by Crippen LogP contribution is 2.27. The smallest absolute Gasteiger partial charge is 0.338 e. The highest BCUT2D eigenvalue weighted by molar-refractivity contribution is 5.98. The Labute approximate surface area is 189 Å². The Hall–Kier alpha value is -3.35. The van der Waals surface area contributed by atoms with Gasteiger partial charge in [-0.2, -0.15) is 0 Å². The maximum Gasteiger partial charge on any atom is 0.338 e. The largest absolute Gasteiger partial charge is 0.449 e. The molecule has 0 radical (unpaired) electrons. The predicted octanol–water partition coefficient (Wildman–Crippen LogP) is 4.51. The van der Waals surface area contributed by atoms with Crippen molar-refractivity contribution in [2.24, 2.45) is 0 Å². The van der Waals surface area contributed by atoms with Crippen molar-refractivity contribution in [3.05, 3.63) is 64.7 Å². The summed E-state index contributed by atoms with van der Waals surface area (Å²) in [7, 11) is 0. The third-order valence-corrected chi connectivity index (χ3v) is 4.89. The van der Waals surface area contributed by atoms with Crippen molar-refractivity contribution in [1.82, 2.24) is 10.6 Å². The van der Waals surface area contributed by atoms with Gasteiger partial charge < -0.3 is 20.7 Å². The van der Waals surface area contributed by atoms with Crippen LogP contribution in [0.25, 0.3) is 0 Å². The number of anilines is 1. The number of hydrogen-bond donors (Lipinski definition) is 3. The van der Waals surface area contributed by atoms with E-state index in [1.807, 2.05) is 39.0 Å². The van der Waals surface area contributed by atoms with E-state index in [1.54, 1.807) is 31.2 Å². The van der Waals surface area contributed by atoms with E-state index in [0.29, 0.717) is 12.1 Å². The highest BCUT2D eigenvalue weighted by Gasteiger charge is 2.21. The fourth-order valence-electron chi connectivity index (χ4n) is 3.10. The quantitative estimate of drug-likeness (QED) is 0.527. The molecular formula is C25H33N3O4. The van der Waals surface area contributed by atoms with Gasteiger partial charge in [0.05, 0.1) is 5.56 Å². The Kier molecular flexibility index (Phi) is 8.81. The summed E-state index contributed by atoms with van der Waals surface area (Å²) in [5.74, 6) is -0.724. The normalized spacial score (nSPS) is 11.8. The van der Waals surface area contributed by atoms with Crippen LogP contribution in [-0.2, 0) is 16.1 Å². The third kappa shape index (κ3) is 7.11. The summed E-state index contributed by atoms with van der Waals surface area (Å²) >= 11 is 0. The van der Waals surface area contributed by atoms with Crippen LogP contribution in [0.15, 0.2) is 42.5 Å². The molecule has 1 atom stereocenters. The van der Waals surface area contributed by atoms with Crippen molar-refractivity contribution in [1.29, 1.82) is 0 Å². The molecule has 0 aliphatic rings. The van der Waals surface area contributed by atoms with Crippen LogP contribution < -0.4 is 16.0 Å². The lowest BCUT2D eigenvalue weighted by Gasteiger charge is -2.19. The molecule has 0 heterocycles. The van der Waals surface area contributed by atoms with Gasteiger partial charge in [-0.3, -0.25) is 4.79 Å². The van der Waals surface area contributed by atoms with Crippen molar-refractivity contribution < 1.29 is 19.1 Å². The minimum atomic E-state index is -0.955. The molecule has 3 N–H and O–H groups in total. The minimum Gasteiger partial charge on any atom is -0.449 e. The molecule has 7 heteroatoms. The van der Waals surface area contributed by atoms with E-state index in [4.69, 9.17) is 4.74 Å². The maximum absolute atomic E-state index is 12.7. The molecule has 0 spiro atoms. The van der Waals surface area contributed by atoms with Crippen LogP contribution in [0.4, 0.5) is 10.5 Å². The second-order valence-electron chi connectivity index (χ2n) is 8.41. The predicted molar refractivity (Wildman–Crippen MR) is 126 cm³/mol. The average Bonchev–Trinajstić information content (AvgIpc) is 2.73. The number of rotatable bonds is 8. The topological polar surface area (TPSA) is 96.5 Å². The van der Waals surface area contributed by atoms with Gasteiger partial charge in [-0.05, 0) is 62.4 Å². The van der Waals surface area contributed by atoms with Gasteiger partial charge in [0.25, 0.3) is 5.91 Å². The zero-order valence-electron chi connectivity index (χ0n) is 19.6. The Balaban J connectivity index is 1.95. The molecule has 3 amide bonds. The lowest BCUT2D eigenvalue weighted by molar-refractivity contribution is -0.123. The molecule has 7 nitrogen and oxygen atoms in total. The molecule has 0 bridgehead atoms.